The molecule has 0 aliphatic carbocycles. The summed E-state index contributed by atoms with van der Waals surface area (Å²) in [6.45, 7) is 4.58. The lowest BCUT2D eigenvalue weighted by atomic mass is 10.2. The van der Waals surface area contributed by atoms with Gasteiger partial charge < -0.3 is 9.47 Å². The molecule has 1 rings (SSSR count). The molecule has 8 heteroatoms. The number of nitrogens with one attached hydrogen (secondary N) is 1. The summed E-state index contributed by atoms with van der Waals surface area (Å²) in [5, 5.41) is 0.346. The molecule has 0 aliphatic rings. The Morgan fingerprint density at radius 2 is 2.00 bits per heavy atom. The van der Waals surface area contributed by atoms with Crippen LogP contribution in [0.1, 0.15) is 13.8 Å². The van der Waals surface area contributed by atoms with Crippen LogP contribution in [0.5, 0.6) is 11.5 Å². The molecule has 124 valence electrons. The van der Waals surface area contributed by atoms with Crippen LogP contribution in [-0.2, 0) is 10.0 Å². The Morgan fingerprint density at radius 1 is 1.32 bits per heavy atom. The minimum absolute atomic E-state index is 0.0145. The van der Waals surface area contributed by atoms with Crippen LogP contribution in [0.2, 0.25) is 0 Å². The number of thioether (sulfide) groups is 1. The molecule has 0 saturated heterocycles. The topological polar surface area (TPSA) is 77.0 Å². The van der Waals surface area contributed by atoms with Gasteiger partial charge in [-0.1, -0.05) is 25.6 Å². The van der Waals surface area contributed by atoms with Gasteiger partial charge in [-0.25, -0.2) is 8.42 Å². The average Bonchev–Trinajstić information content (AvgIpc) is 2.50. The molecule has 0 spiro atoms. The molecule has 6 nitrogen and oxygen atoms in total. The Morgan fingerprint density at radius 3 is 2.50 bits per heavy atom. The van der Waals surface area contributed by atoms with E-state index in [1.807, 2.05) is 13.8 Å². The first-order chi connectivity index (χ1) is 10.3. The first-order valence-electron chi connectivity index (χ1n) is 6.67. The molecule has 0 fully saturated rings. The summed E-state index contributed by atoms with van der Waals surface area (Å²) in [5.74, 6) is 1.03. The first kappa shape index (κ1) is 18.6. The largest absolute Gasteiger partial charge is 0.497 e. The van der Waals surface area contributed by atoms with Crippen molar-refractivity contribution in [2.75, 3.05) is 27.0 Å². The molecule has 0 saturated carbocycles. The van der Waals surface area contributed by atoms with Crippen molar-refractivity contribution in [1.82, 2.24) is 4.72 Å². The van der Waals surface area contributed by atoms with E-state index < -0.39 is 10.0 Å². The number of methoxy groups -OCH3 is 2. The van der Waals surface area contributed by atoms with Gasteiger partial charge in [0.1, 0.15) is 16.4 Å². The molecule has 0 atom stereocenters. The van der Waals surface area contributed by atoms with Crippen LogP contribution in [0, 0.1) is 5.92 Å². The van der Waals surface area contributed by atoms with Crippen molar-refractivity contribution in [3.63, 3.8) is 0 Å². The summed E-state index contributed by atoms with van der Waals surface area (Å²) in [5.41, 5.74) is 0. The van der Waals surface area contributed by atoms with Crippen molar-refractivity contribution in [2.24, 2.45) is 10.9 Å². The Hall–Kier alpha value is -1.41. The Balaban J connectivity index is 3.15. The van der Waals surface area contributed by atoms with Crippen LogP contribution in [0.3, 0.4) is 0 Å². The average molecular weight is 346 g/mol. The van der Waals surface area contributed by atoms with Crippen LogP contribution in [0.15, 0.2) is 28.1 Å². The van der Waals surface area contributed by atoms with Crippen molar-refractivity contribution in [1.29, 1.82) is 0 Å². The van der Waals surface area contributed by atoms with E-state index in [1.165, 1.54) is 32.0 Å². The van der Waals surface area contributed by atoms with Gasteiger partial charge in [0.05, 0.1) is 14.2 Å². The maximum Gasteiger partial charge on any atom is 0.267 e. The molecule has 0 aromatic heterocycles. The maximum absolute atomic E-state index is 12.6. The van der Waals surface area contributed by atoms with Gasteiger partial charge in [-0.15, -0.1) is 0 Å². The second kappa shape index (κ2) is 8.28. The van der Waals surface area contributed by atoms with Gasteiger partial charge in [0.15, 0.2) is 5.17 Å². The third-order valence-electron chi connectivity index (χ3n) is 2.68. The lowest BCUT2D eigenvalue weighted by Gasteiger charge is -2.13. The highest BCUT2D eigenvalue weighted by Gasteiger charge is 2.22. The Labute approximate surface area is 136 Å². The number of nitrogens with zero attached hydrogens (tertiary/aromatic N) is 1. The summed E-state index contributed by atoms with van der Waals surface area (Å²) in [7, 11) is -0.906. The number of hydrogen-bond acceptors (Lipinski definition) is 6. The predicted octanol–water partition coefficient (Wildman–Crippen LogP) is 2.36. The van der Waals surface area contributed by atoms with Gasteiger partial charge in [0.25, 0.3) is 10.0 Å². The van der Waals surface area contributed by atoms with Gasteiger partial charge in [0.2, 0.25) is 0 Å². The summed E-state index contributed by atoms with van der Waals surface area (Å²) in [6.07, 6.45) is 1.77. The van der Waals surface area contributed by atoms with Crippen molar-refractivity contribution >= 4 is 27.0 Å². The summed E-state index contributed by atoms with van der Waals surface area (Å²) >= 11 is 1.24. The molecule has 0 heterocycles. The minimum Gasteiger partial charge on any atom is -0.497 e. The second-order valence-corrected chi connectivity index (χ2v) is 7.31. The zero-order valence-electron chi connectivity index (χ0n) is 13.4. The van der Waals surface area contributed by atoms with Gasteiger partial charge >= 0.3 is 0 Å². The van der Waals surface area contributed by atoms with Gasteiger partial charge in [-0.3, -0.25) is 9.71 Å². The molecular formula is C14H22N2O4S2. The number of aliphatic imine (C=N–C) groups is 1. The third-order valence-corrected chi connectivity index (χ3v) is 4.78. The molecule has 1 aromatic carbocycles. The molecule has 0 bridgehead atoms. The van der Waals surface area contributed by atoms with E-state index >= 15 is 0 Å². The standard InChI is InChI=1S/C14H22N2O4S2/c1-10(2)9-15-14(21-5)16-22(17,18)13-8-11(19-3)6-7-12(13)20-4/h6-8,10H,9H2,1-5H3,(H,15,16). The fraction of sp³-hybridized carbons (Fsp3) is 0.500. The van der Waals surface area contributed by atoms with E-state index in [4.69, 9.17) is 9.47 Å². The number of amidine groups is 1. The van der Waals surface area contributed by atoms with E-state index in [1.54, 1.807) is 18.4 Å². The van der Waals surface area contributed by atoms with Crippen molar-refractivity contribution in [2.45, 2.75) is 18.7 Å². The molecule has 0 amide bonds. The molecule has 0 aliphatic heterocycles. The monoisotopic (exact) mass is 346 g/mol. The van der Waals surface area contributed by atoms with Crippen LogP contribution in [0.4, 0.5) is 0 Å². The zero-order valence-corrected chi connectivity index (χ0v) is 15.0. The lowest BCUT2D eigenvalue weighted by Crippen LogP contribution is -2.29. The summed E-state index contributed by atoms with van der Waals surface area (Å²) in [6, 6.07) is 4.61. The third kappa shape index (κ3) is 5.10. The van der Waals surface area contributed by atoms with E-state index in [2.05, 4.69) is 9.71 Å². The van der Waals surface area contributed by atoms with Gasteiger partial charge in [-0.05, 0) is 24.3 Å². The minimum atomic E-state index is -3.80. The van der Waals surface area contributed by atoms with Gasteiger partial charge in [0, 0.05) is 12.6 Å². The molecule has 1 aromatic rings. The van der Waals surface area contributed by atoms with Crippen LogP contribution < -0.4 is 14.2 Å². The quantitative estimate of drug-likeness (QED) is 0.632. The van der Waals surface area contributed by atoms with E-state index in [9.17, 15) is 8.42 Å². The van der Waals surface area contributed by atoms with Crippen LogP contribution >= 0.6 is 11.8 Å². The van der Waals surface area contributed by atoms with E-state index in [0.717, 1.165) is 0 Å². The molecule has 0 radical (unpaired) electrons. The molecule has 0 unspecified atom stereocenters. The van der Waals surface area contributed by atoms with Crippen molar-refractivity contribution in [3.8, 4) is 11.5 Å². The smallest absolute Gasteiger partial charge is 0.267 e. The zero-order chi connectivity index (χ0) is 16.8. The Kier molecular flexibility index (Phi) is 7.02. The first-order valence-corrected chi connectivity index (χ1v) is 9.38. The van der Waals surface area contributed by atoms with Crippen molar-refractivity contribution < 1.29 is 17.9 Å². The number of hydrogen-bond donors (Lipinski definition) is 1. The number of rotatable bonds is 6. The number of sulfonamides is 1. The summed E-state index contributed by atoms with van der Waals surface area (Å²) < 4.78 is 37.8. The maximum atomic E-state index is 12.6. The van der Waals surface area contributed by atoms with Crippen molar-refractivity contribution in [3.05, 3.63) is 18.2 Å². The molecule has 22 heavy (non-hydrogen) atoms. The van der Waals surface area contributed by atoms with Gasteiger partial charge in [-0.2, -0.15) is 0 Å². The van der Waals surface area contributed by atoms with Crippen LogP contribution in [-0.4, -0.2) is 40.6 Å². The fourth-order valence-corrected chi connectivity index (χ4v) is 3.53. The fourth-order valence-electron chi connectivity index (χ4n) is 1.57. The van der Waals surface area contributed by atoms with E-state index in [0.29, 0.717) is 23.4 Å². The second-order valence-electron chi connectivity index (χ2n) is 4.87. The lowest BCUT2D eigenvalue weighted by molar-refractivity contribution is 0.392. The normalized spacial score (nSPS) is 12.4. The van der Waals surface area contributed by atoms with E-state index in [-0.39, 0.29) is 10.6 Å². The Bertz CT molecular complexity index is 628. The highest BCUT2D eigenvalue weighted by Crippen LogP contribution is 2.28. The highest BCUT2D eigenvalue weighted by atomic mass is 32.2. The number of ether oxygens (including phenoxy) is 2. The van der Waals surface area contributed by atoms with Crippen LogP contribution in [0.25, 0.3) is 0 Å². The predicted molar refractivity (Wildman–Crippen MR) is 90.5 cm³/mol. The highest BCUT2D eigenvalue weighted by molar-refractivity contribution is 8.14. The number of benzene rings is 1. The molecule has 1 N–H and O–H groups in total. The summed E-state index contributed by atoms with van der Waals surface area (Å²) in [4.78, 5) is 4.28. The molecular weight excluding hydrogens is 324 g/mol. The SMILES string of the molecule is COc1ccc(OC)c(S(=O)(=O)NC(=NCC(C)C)SC)c1.